The van der Waals surface area contributed by atoms with Crippen LogP contribution in [0.15, 0.2) is 18.2 Å². The lowest BCUT2D eigenvalue weighted by Gasteiger charge is -2.45. The van der Waals surface area contributed by atoms with Gasteiger partial charge in [0.05, 0.1) is 18.2 Å². The SMILES string of the molecule is [C-]#[N+]c1ccc(NCC2(C)CC(O)CC(C)(C)C2)cc1C(F)(F)F. The molecule has 3 nitrogen and oxygen atoms in total. The Hall–Kier alpha value is -1.74. The highest BCUT2D eigenvalue weighted by Gasteiger charge is 2.40. The lowest BCUT2D eigenvalue weighted by molar-refractivity contribution is -0.136. The number of nitrogens with zero attached hydrogens (tertiary/aromatic N) is 1. The molecule has 2 N–H and O–H groups in total. The molecule has 0 heterocycles. The number of nitrogens with one attached hydrogen (secondary N) is 1. The van der Waals surface area contributed by atoms with Gasteiger partial charge >= 0.3 is 6.18 Å². The molecule has 2 atom stereocenters. The summed E-state index contributed by atoms with van der Waals surface area (Å²) in [5.41, 5.74) is -1.17. The lowest BCUT2D eigenvalue weighted by Crippen LogP contribution is -2.42. The van der Waals surface area contributed by atoms with Crippen LogP contribution >= 0.6 is 0 Å². The van der Waals surface area contributed by atoms with Crippen molar-refractivity contribution in [3.8, 4) is 0 Å². The molecule has 2 rings (SSSR count). The van der Waals surface area contributed by atoms with E-state index in [-0.39, 0.29) is 10.8 Å². The average Bonchev–Trinajstić information content (AvgIpc) is 2.41. The van der Waals surface area contributed by atoms with Crippen LogP contribution in [-0.4, -0.2) is 17.8 Å². The predicted octanol–water partition coefficient (Wildman–Crippen LogP) is 5.25. The molecule has 132 valence electrons. The second-order valence-electron chi connectivity index (χ2n) is 7.91. The second kappa shape index (κ2) is 6.29. The molecular formula is C18H23F3N2O. The van der Waals surface area contributed by atoms with Crippen molar-refractivity contribution in [2.75, 3.05) is 11.9 Å². The van der Waals surface area contributed by atoms with Crippen molar-refractivity contribution in [1.29, 1.82) is 0 Å². The van der Waals surface area contributed by atoms with E-state index in [1.165, 1.54) is 12.1 Å². The Bertz CT molecular complexity index is 649. The Morgan fingerprint density at radius 3 is 2.50 bits per heavy atom. The van der Waals surface area contributed by atoms with E-state index in [1.54, 1.807) is 0 Å². The topological polar surface area (TPSA) is 36.6 Å². The summed E-state index contributed by atoms with van der Waals surface area (Å²) in [6, 6.07) is 3.68. The number of hydrogen-bond donors (Lipinski definition) is 2. The summed E-state index contributed by atoms with van der Waals surface area (Å²) in [5.74, 6) is 0. The Kier molecular flexibility index (Phi) is 4.87. The van der Waals surface area contributed by atoms with E-state index in [0.29, 0.717) is 18.7 Å². The molecule has 1 saturated carbocycles. The first kappa shape index (κ1) is 18.6. The number of halogens is 3. The first-order valence-electron chi connectivity index (χ1n) is 7.95. The Balaban J connectivity index is 2.16. The van der Waals surface area contributed by atoms with Crippen LogP contribution in [0.4, 0.5) is 24.5 Å². The number of aliphatic hydroxyl groups excluding tert-OH is 1. The van der Waals surface area contributed by atoms with Gasteiger partial charge in [0.25, 0.3) is 0 Å². The maximum absolute atomic E-state index is 13.0. The Morgan fingerprint density at radius 2 is 1.96 bits per heavy atom. The van der Waals surface area contributed by atoms with Crippen LogP contribution in [0.1, 0.15) is 45.6 Å². The van der Waals surface area contributed by atoms with Crippen molar-refractivity contribution >= 4 is 11.4 Å². The molecular weight excluding hydrogens is 317 g/mol. The van der Waals surface area contributed by atoms with Gasteiger partial charge < -0.3 is 10.4 Å². The molecule has 1 aliphatic rings. The van der Waals surface area contributed by atoms with Crippen LogP contribution < -0.4 is 5.32 Å². The zero-order valence-electron chi connectivity index (χ0n) is 14.2. The number of hydrogen-bond acceptors (Lipinski definition) is 2. The van der Waals surface area contributed by atoms with Gasteiger partial charge in [-0.25, -0.2) is 4.85 Å². The van der Waals surface area contributed by atoms with Gasteiger partial charge in [-0.3, -0.25) is 0 Å². The third-order valence-electron chi connectivity index (χ3n) is 4.56. The van der Waals surface area contributed by atoms with E-state index in [2.05, 4.69) is 24.0 Å². The van der Waals surface area contributed by atoms with E-state index >= 15 is 0 Å². The summed E-state index contributed by atoms with van der Waals surface area (Å²) in [6.07, 6.45) is -2.70. The van der Waals surface area contributed by atoms with Crippen LogP contribution in [0, 0.1) is 17.4 Å². The molecule has 1 aromatic carbocycles. The first-order valence-corrected chi connectivity index (χ1v) is 7.95. The normalized spacial score (nSPS) is 26.7. The van der Waals surface area contributed by atoms with Crippen molar-refractivity contribution in [3.05, 3.63) is 35.2 Å². The quantitative estimate of drug-likeness (QED) is 0.738. The van der Waals surface area contributed by atoms with Crippen LogP contribution in [0.2, 0.25) is 0 Å². The number of alkyl halides is 3. The lowest BCUT2D eigenvalue weighted by atomic mass is 9.63. The maximum atomic E-state index is 13.0. The summed E-state index contributed by atoms with van der Waals surface area (Å²) in [6.45, 7) is 13.6. The van der Waals surface area contributed by atoms with Crippen LogP contribution in [0.5, 0.6) is 0 Å². The highest BCUT2D eigenvalue weighted by Crippen LogP contribution is 2.46. The van der Waals surface area contributed by atoms with Gasteiger partial charge in [0, 0.05) is 12.2 Å². The minimum Gasteiger partial charge on any atom is -0.393 e. The van der Waals surface area contributed by atoms with Gasteiger partial charge in [-0.1, -0.05) is 26.8 Å². The molecule has 1 fully saturated rings. The van der Waals surface area contributed by atoms with Crippen molar-refractivity contribution in [2.45, 2.75) is 52.3 Å². The summed E-state index contributed by atoms with van der Waals surface area (Å²) in [7, 11) is 0. The fourth-order valence-corrected chi connectivity index (χ4v) is 4.00. The summed E-state index contributed by atoms with van der Waals surface area (Å²) >= 11 is 0. The van der Waals surface area contributed by atoms with E-state index in [4.69, 9.17) is 6.57 Å². The van der Waals surface area contributed by atoms with Gasteiger partial charge in [-0.2, -0.15) is 13.2 Å². The van der Waals surface area contributed by atoms with Gasteiger partial charge in [0.1, 0.15) is 0 Å². The maximum Gasteiger partial charge on any atom is 0.407 e. The highest BCUT2D eigenvalue weighted by atomic mass is 19.4. The molecule has 0 amide bonds. The number of anilines is 1. The van der Waals surface area contributed by atoms with Crippen LogP contribution in [-0.2, 0) is 6.18 Å². The number of benzene rings is 1. The van der Waals surface area contributed by atoms with Gasteiger partial charge in [0.15, 0.2) is 5.69 Å². The fourth-order valence-electron chi connectivity index (χ4n) is 4.00. The molecule has 6 heteroatoms. The largest absolute Gasteiger partial charge is 0.407 e. The zero-order valence-corrected chi connectivity index (χ0v) is 14.2. The molecule has 0 radical (unpaired) electrons. The van der Waals surface area contributed by atoms with Crippen molar-refractivity contribution in [2.24, 2.45) is 10.8 Å². The Morgan fingerprint density at radius 1 is 1.29 bits per heavy atom. The van der Waals surface area contributed by atoms with Crippen LogP contribution in [0.3, 0.4) is 0 Å². The fraction of sp³-hybridized carbons (Fsp3) is 0.611. The standard InChI is InChI=1S/C18H23F3N2O/c1-16(2)8-13(24)9-17(3,10-16)11-23-12-5-6-15(22-4)14(7-12)18(19,20)21/h5-7,13,23-24H,8-11H2,1-3H3. The molecule has 0 bridgehead atoms. The highest BCUT2D eigenvalue weighted by molar-refractivity contribution is 5.61. The summed E-state index contributed by atoms with van der Waals surface area (Å²) < 4.78 is 39.1. The van der Waals surface area contributed by atoms with E-state index < -0.39 is 23.5 Å². The second-order valence-corrected chi connectivity index (χ2v) is 7.91. The molecule has 2 unspecified atom stereocenters. The van der Waals surface area contributed by atoms with Gasteiger partial charge in [-0.15, -0.1) is 0 Å². The molecule has 0 aromatic heterocycles. The summed E-state index contributed by atoms with van der Waals surface area (Å²) in [4.78, 5) is 2.94. The van der Waals surface area contributed by atoms with Crippen molar-refractivity contribution in [3.63, 3.8) is 0 Å². The minimum absolute atomic E-state index is 0.000811. The van der Waals surface area contributed by atoms with Gasteiger partial charge in [-0.05, 0) is 42.2 Å². The van der Waals surface area contributed by atoms with E-state index in [0.717, 1.165) is 18.9 Å². The van der Waals surface area contributed by atoms with E-state index in [9.17, 15) is 18.3 Å². The molecule has 1 aromatic rings. The smallest absolute Gasteiger partial charge is 0.393 e. The monoisotopic (exact) mass is 340 g/mol. The molecule has 0 saturated heterocycles. The number of rotatable bonds is 3. The minimum atomic E-state index is -4.55. The van der Waals surface area contributed by atoms with Crippen molar-refractivity contribution in [1.82, 2.24) is 0 Å². The third-order valence-corrected chi connectivity index (χ3v) is 4.56. The van der Waals surface area contributed by atoms with E-state index in [1.807, 2.05) is 6.92 Å². The summed E-state index contributed by atoms with van der Waals surface area (Å²) in [5, 5.41) is 13.1. The number of aliphatic hydroxyl groups is 1. The average molecular weight is 340 g/mol. The Labute approximate surface area is 140 Å². The molecule has 0 aliphatic heterocycles. The predicted molar refractivity (Wildman–Crippen MR) is 87.9 cm³/mol. The molecule has 24 heavy (non-hydrogen) atoms. The molecule has 0 spiro atoms. The molecule has 1 aliphatic carbocycles. The van der Waals surface area contributed by atoms with Crippen molar-refractivity contribution < 1.29 is 18.3 Å². The van der Waals surface area contributed by atoms with Crippen LogP contribution in [0.25, 0.3) is 4.85 Å². The first-order chi connectivity index (χ1) is 10.9. The third kappa shape index (κ3) is 4.41. The van der Waals surface area contributed by atoms with Gasteiger partial charge in [0.2, 0.25) is 0 Å². The zero-order chi connectivity index (χ0) is 18.2.